The molecule has 2 aliphatic rings. The monoisotopic (exact) mass is 375 g/mol. The molecule has 0 amide bonds. The molecule has 4 rings (SSSR count). The van der Waals surface area contributed by atoms with Crippen LogP contribution in [0.15, 0.2) is 42.5 Å². The zero-order valence-electron chi connectivity index (χ0n) is 14.5. The van der Waals surface area contributed by atoms with E-state index < -0.39 is 11.7 Å². The number of fused-ring (bicyclic) bond motifs is 3. The molecule has 27 heavy (non-hydrogen) atoms. The summed E-state index contributed by atoms with van der Waals surface area (Å²) in [7, 11) is 2.92. The van der Waals surface area contributed by atoms with Gasteiger partial charge in [-0.3, -0.25) is 10.2 Å². The van der Waals surface area contributed by atoms with E-state index in [0.29, 0.717) is 5.82 Å². The summed E-state index contributed by atoms with van der Waals surface area (Å²) in [6, 6.07) is 11.1. The van der Waals surface area contributed by atoms with Gasteiger partial charge in [0, 0.05) is 28.1 Å². The van der Waals surface area contributed by atoms with Crippen LogP contribution in [0.25, 0.3) is 22.0 Å². The molecule has 0 unspecified atom stereocenters. The quantitative estimate of drug-likeness (QED) is 0.449. The van der Waals surface area contributed by atoms with Gasteiger partial charge in [0.1, 0.15) is 17.3 Å². The van der Waals surface area contributed by atoms with Crippen molar-refractivity contribution in [3.05, 3.63) is 48.0 Å². The number of ether oxygens (including phenoxy) is 2. The third-order valence-corrected chi connectivity index (χ3v) is 4.43. The number of rotatable bonds is 4. The van der Waals surface area contributed by atoms with Crippen LogP contribution in [0.2, 0.25) is 0 Å². The SMILES string of the molecule is COc1cc(Nc2[nH][nH]c3c4cccc(OC)c4cc2-3)cc(C(F)(F)F)c1. The molecule has 0 saturated carbocycles. The minimum atomic E-state index is -4.47. The average molecular weight is 375 g/mol. The van der Waals surface area contributed by atoms with Crippen LogP contribution < -0.4 is 14.8 Å². The van der Waals surface area contributed by atoms with Crippen molar-refractivity contribution in [2.75, 3.05) is 19.5 Å². The van der Waals surface area contributed by atoms with Crippen LogP contribution in [0.4, 0.5) is 24.7 Å². The van der Waals surface area contributed by atoms with E-state index in [1.54, 1.807) is 7.11 Å². The Labute approximate surface area is 152 Å². The summed E-state index contributed by atoms with van der Waals surface area (Å²) >= 11 is 0. The van der Waals surface area contributed by atoms with Crippen LogP contribution in [-0.2, 0) is 6.18 Å². The van der Waals surface area contributed by atoms with Crippen LogP contribution in [0.3, 0.4) is 0 Å². The second kappa shape index (κ2) is 6.15. The molecule has 5 nitrogen and oxygen atoms in total. The molecule has 8 heteroatoms. The summed E-state index contributed by atoms with van der Waals surface area (Å²) in [6.45, 7) is 0. The predicted octanol–water partition coefficient (Wildman–Crippen LogP) is 5.38. The number of benzene rings is 2. The number of alkyl halides is 3. The Balaban J connectivity index is 1.77. The number of H-pyrrole nitrogens is 2. The standard InChI is InChI=1S/C19H16F3N3O2/c1-26-12-7-10(19(20,21)22)6-11(8-12)23-18-15-9-14-13(17(15)24-25-18)4-3-5-16(14)27-2/h3-9,23-25H,1-2H3. The number of anilines is 2. The second-order valence-corrected chi connectivity index (χ2v) is 6.05. The molecule has 0 bridgehead atoms. The topological polar surface area (TPSA) is 62.1 Å². The van der Waals surface area contributed by atoms with E-state index in [-0.39, 0.29) is 11.4 Å². The number of methoxy groups -OCH3 is 2. The van der Waals surface area contributed by atoms with Crippen molar-refractivity contribution in [1.29, 1.82) is 0 Å². The van der Waals surface area contributed by atoms with Crippen LogP contribution in [0, 0.1) is 0 Å². The third-order valence-electron chi connectivity index (χ3n) is 4.43. The summed E-state index contributed by atoms with van der Waals surface area (Å²) in [5, 5.41) is 10.9. The van der Waals surface area contributed by atoms with Gasteiger partial charge in [0.2, 0.25) is 0 Å². The van der Waals surface area contributed by atoms with Gasteiger partial charge >= 0.3 is 6.18 Å². The second-order valence-electron chi connectivity index (χ2n) is 6.05. The Bertz CT molecular complexity index is 1080. The van der Waals surface area contributed by atoms with Gasteiger partial charge < -0.3 is 14.8 Å². The predicted molar refractivity (Wildman–Crippen MR) is 97.1 cm³/mol. The van der Waals surface area contributed by atoms with E-state index in [0.717, 1.165) is 39.9 Å². The van der Waals surface area contributed by atoms with E-state index in [4.69, 9.17) is 9.47 Å². The number of hydrogen-bond acceptors (Lipinski definition) is 3. The molecule has 0 spiro atoms. The third kappa shape index (κ3) is 2.92. The molecular weight excluding hydrogens is 359 g/mol. The van der Waals surface area contributed by atoms with Crippen molar-refractivity contribution >= 4 is 22.3 Å². The minimum absolute atomic E-state index is 0.119. The highest BCUT2D eigenvalue weighted by Crippen LogP contribution is 2.42. The van der Waals surface area contributed by atoms with Crippen molar-refractivity contribution in [2.45, 2.75) is 6.18 Å². The maximum absolute atomic E-state index is 13.1. The molecule has 1 aliphatic heterocycles. The van der Waals surface area contributed by atoms with Gasteiger partial charge in [-0.15, -0.1) is 0 Å². The summed E-state index contributed by atoms with van der Waals surface area (Å²) in [5.74, 6) is 1.39. The summed E-state index contributed by atoms with van der Waals surface area (Å²) in [4.78, 5) is 0. The van der Waals surface area contributed by atoms with Gasteiger partial charge in [-0.1, -0.05) is 12.1 Å². The fraction of sp³-hybridized carbons (Fsp3) is 0.158. The van der Waals surface area contributed by atoms with E-state index in [1.165, 1.54) is 13.2 Å². The number of nitrogens with one attached hydrogen (secondary N) is 3. The summed E-state index contributed by atoms with van der Waals surface area (Å²) in [5.41, 5.74) is 1.12. The number of aromatic nitrogens is 2. The fourth-order valence-corrected chi connectivity index (χ4v) is 3.17. The molecule has 0 aromatic heterocycles. The first-order valence-electron chi connectivity index (χ1n) is 8.10. The Morgan fingerprint density at radius 3 is 2.44 bits per heavy atom. The molecule has 0 atom stereocenters. The largest absolute Gasteiger partial charge is 0.497 e. The lowest BCUT2D eigenvalue weighted by Gasteiger charge is -2.12. The van der Waals surface area contributed by atoms with E-state index >= 15 is 0 Å². The summed E-state index contributed by atoms with van der Waals surface area (Å²) in [6.07, 6.45) is -4.47. The molecule has 1 aliphatic carbocycles. The van der Waals surface area contributed by atoms with Crippen molar-refractivity contribution < 1.29 is 22.6 Å². The van der Waals surface area contributed by atoms with Gasteiger partial charge in [0.25, 0.3) is 0 Å². The first kappa shape index (κ1) is 17.1. The van der Waals surface area contributed by atoms with Crippen molar-refractivity contribution in [2.24, 2.45) is 0 Å². The van der Waals surface area contributed by atoms with E-state index in [1.807, 2.05) is 24.3 Å². The minimum Gasteiger partial charge on any atom is -0.497 e. The Hall–Kier alpha value is -3.29. The smallest absolute Gasteiger partial charge is 0.416 e. The molecular formula is C19H16F3N3O2. The van der Waals surface area contributed by atoms with Gasteiger partial charge in [-0.2, -0.15) is 13.2 Å². The highest BCUT2D eigenvalue weighted by molar-refractivity contribution is 6.06. The highest BCUT2D eigenvalue weighted by atomic mass is 19.4. The number of aromatic amines is 2. The van der Waals surface area contributed by atoms with E-state index in [2.05, 4.69) is 15.5 Å². The highest BCUT2D eigenvalue weighted by Gasteiger charge is 2.31. The number of halogens is 3. The lowest BCUT2D eigenvalue weighted by Crippen LogP contribution is -2.06. The van der Waals surface area contributed by atoms with Crippen molar-refractivity contribution in [3.63, 3.8) is 0 Å². The van der Waals surface area contributed by atoms with Crippen LogP contribution in [0.5, 0.6) is 11.5 Å². The Morgan fingerprint density at radius 2 is 1.74 bits per heavy atom. The van der Waals surface area contributed by atoms with Crippen LogP contribution >= 0.6 is 0 Å². The average Bonchev–Trinajstić information content (AvgIpc) is 3.20. The fourth-order valence-electron chi connectivity index (χ4n) is 3.17. The van der Waals surface area contributed by atoms with Gasteiger partial charge in [-0.05, 0) is 24.3 Å². The van der Waals surface area contributed by atoms with Gasteiger partial charge in [-0.25, -0.2) is 0 Å². The number of hydrogen-bond donors (Lipinski definition) is 3. The molecule has 0 radical (unpaired) electrons. The Morgan fingerprint density at radius 1 is 0.926 bits per heavy atom. The van der Waals surface area contributed by atoms with Crippen molar-refractivity contribution in [3.8, 4) is 22.8 Å². The lowest BCUT2D eigenvalue weighted by molar-refractivity contribution is -0.137. The molecule has 1 heterocycles. The Kier molecular flexibility index (Phi) is 3.91. The molecule has 0 saturated heterocycles. The van der Waals surface area contributed by atoms with E-state index in [9.17, 15) is 13.2 Å². The maximum Gasteiger partial charge on any atom is 0.416 e. The van der Waals surface area contributed by atoms with Gasteiger partial charge in [0.15, 0.2) is 0 Å². The molecule has 2 aromatic carbocycles. The van der Waals surface area contributed by atoms with Crippen molar-refractivity contribution in [1.82, 2.24) is 10.2 Å². The first-order chi connectivity index (χ1) is 12.9. The van der Waals surface area contributed by atoms with Crippen LogP contribution in [0.1, 0.15) is 5.56 Å². The zero-order valence-corrected chi connectivity index (χ0v) is 14.5. The molecule has 140 valence electrons. The molecule has 3 N–H and O–H groups in total. The van der Waals surface area contributed by atoms with Gasteiger partial charge in [0.05, 0.1) is 25.5 Å². The first-order valence-corrected chi connectivity index (χ1v) is 8.10. The maximum atomic E-state index is 13.1. The normalized spacial score (nSPS) is 11.9. The summed E-state index contributed by atoms with van der Waals surface area (Å²) < 4.78 is 49.8. The zero-order chi connectivity index (χ0) is 19.2. The van der Waals surface area contributed by atoms with Crippen LogP contribution in [-0.4, -0.2) is 24.4 Å². The molecule has 0 fully saturated rings. The lowest BCUT2D eigenvalue weighted by atomic mass is 10.1. The molecule has 2 aromatic rings.